The van der Waals surface area contributed by atoms with Crippen LogP contribution in [-0.2, 0) is 14.3 Å². The van der Waals surface area contributed by atoms with Crippen molar-refractivity contribution in [3.63, 3.8) is 0 Å². The van der Waals surface area contributed by atoms with Crippen molar-refractivity contribution in [3.8, 4) is 0 Å². The Kier molecular flexibility index (Phi) is 15.6. The molecule has 0 spiro atoms. The Bertz CT molecular complexity index is 427. The van der Waals surface area contributed by atoms with Crippen molar-refractivity contribution in [2.45, 2.75) is 123 Å². The number of hydrogen-bond acceptors (Lipinski definition) is 4. The molecule has 0 aromatic heterocycles. The first-order chi connectivity index (χ1) is 14.2. The highest BCUT2D eigenvalue weighted by Gasteiger charge is 2.36. The normalized spacial score (nSPS) is 16.2. The van der Waals surface area contributed by atoms with E-state index in [9.17, 15) is 9.59 Å². The summed E-state index contributed by atoms with van der Waals surface area (Å²) < 4.78 is 10.4. The number of esters is 1. The number of amides is 1. The second-order valence-electron chi connectivity index (χ2n) is 8.31. The third kappa shape index (κ3) is 12.1. The highest BCUT2D eigenvalue weighted by Crippen LogP contribution is 2.20. The summed E-state index contributed by atoms with van der Waals surface area (Å²) in [6.07, 6.45) is 19.5. The second-order valence-corrected chi connectivity index (χ2v) is 8.31. The minimum atomic E-state index is -0.458. The van der Waals surface area contributed by atoms with E-state index in [4.69, 9.17) is 9.47 Å². The molecule has 0 saturated carbocycles. The molecule has 29 heavy (non-hydrogen) atoms. The van der Waals surface area contributed by atoms with Crippen LogP contribution in [-0.4, -0.2) is 42.8 Å². The van der Waals surface area contributed by atoms with Crippen LogP contribution in [0.5, 0.6) is 0 Å². The fourth-order valence-electron chi connectivity index (χ4n) is 4.00. The minimum Gasteiger partial charge on any atom is -0.464 e. The topological polar surface area (TPSA) is 55.8 Å². The molecule has 1 aliphatic heterocycles. The first-order valence-corrected chi connectivity index (χ1v) is 12.3. The maximum atomic E-state index is 12.2. The zero-order valence-corrected chi connectivity index (χ0v) is 19.1. The minimum absolute atomic E-state index is 0.273. The van der Waals surface area contributed by atoms with Crippen LogP contribution in [0.15, 0.2) is 0 Å². The van der Waals surface area contributed by atoms with E-state index in [-0.39, 0.29) is 5.97 Å². The van der Waals surface area contributed by atoms with Crippen LogP contribution in [0.1, 0.15) is 117 Å². The average Bonchev–Trinajstić information content (AvgIpc) is 3.21. The maximum absolute atomic E-state index is 12.2. The molecule has 0 bridgehead atoms. The van der Waals surface area contributed by atoms with Crippen LogP contribution < -0.4 is 0 Å². The zero-order chi connectivity index (χ0) is 21.2. The van der Waals surface area contributed by atoms with Crippen LogP contribution >= 0.6 is 0 Å². The lowest BCUT2D eigenvalue weighted by atomic mass is 10.0. The molecule has 1 fully saturated rings. The van der Waals surface area contributed by atoms with Gasteiger partial charge in [-0.05, 0) is 26.2 Å². The summed E-state index contributed by atoms with van der Waals surface area (Å²) in [6.45, 7) is 5.42. The summed E-state index contributed by atoms with van der Waals surface area (Å²) in [5.41, 5.74) is 0. The molecule has 5 nitrogen and oxygen atoms in total. The van der Waals surface area contributed by atoms with E-state index in [0.717, 1.165) is 19.3 Å². The van der Waals surface area contributed by atoms with Gasteiger partial charge in [-0.15, -0.1) is 0 Å². The molecule has 170 valence electrons. The molecular formula is C24H45NO4. The maximum Gasteiger partial charge on any atom is 0.410 e. The number of likely N-dealkylation sites (tertiary alicyclic amines) is 1. The lowest BCUT2D eigenvalue weighted by molar-refractivity contribution is -0.148. The number of unbranched alkanes of at least 4 members (excludes halogenated alkanes) is 13. The molecule has 0 aliphatic carbocycles. The predicted octanol–water partition coefficient (Wildman–Crippen LogP) is 6.63. The van der Waals surface area contributed by atoms with E-state index < -0.39 is 12.1 Å². The first kappa shape index (κ1) is 25.8. The summed E-state index contributed by atoms with van der Waals surface area (Å²) in [7, 11) is 0. The van der Waals surface area contributed by atoms with Crippen LogP contribution in [0.3, 0.4) is 0 Å². The predicted molar refractivity (Wildman–Crippen MR) is 118 cm³/mol. The third-order valence-electron chi connectivity index (χ3n) is 5.77. The number of hydrogen-bond donors (Lipinski definition) is 0. The van der Waals surface area contributed by atoms with E-state index in [0.29, 0.717) is 26.2 Å². The smallest absolute Gasteiger partial charge is 0.410 e. The number of carbonyl (C=O) groups is 2. The summed E-state index contributed by atoms with van der Waals surface area (Å²) in [6, 6.07) is -0.458. The van der Waals surface area contributed by atoms with Gasteiger partial charge in [-0.1, -0.05) is 90.4 Å². The van der Waals surface area contributed by atoms with Gasteiger partial charge >= 0.3 is 12.1 Å². The van der Waals surface area contributed by atoms with Crippen molar-refractivity contribution >= 4 is 12.1 Å². The Labute approximate surface area is 178 Å². The molecular weight excluding hydrogens is 366 g/mol. The van der Waals surface area contributed by atoms with E-state index in [1.807, 2.05) is 0 Å². The first-order valence-electron chi connectivity index (χ1n) is 12.3. The summed E-state index contributed by atoms with van der Waals surface area (Å²) in [5.74, 6) is -0.273. The molecule has 0 aromatic carbocycles. The largest absolute Gasteiger partial charge is 0.464 e. The van der Waals surface area contributed by atoms with Crippen LogP contribution in [0.4, 0.5) is 4.79 Å². The molecule has 0 aromatic rings. The van der Waals surface area contributed by atoms with Gasteiger partial charge in [0.1, 0.15) is 6.04 Å². The molecule has 0 N–H and O–H groups in total. The third-order valence-corrected chi connectivity index (χ3v) is 5.77. The van der Waals surface area contributed by atoms with Crippen molar-refractivity contribution in [1.82, 2.24) is 4.90 Å². The Morgan fingerprint density at radius 3 is 1.79 bits per heavy atom. The Morgan fingerprint density at radius 2 is 1.28 bits per heavy atom. The van der Waals surface area contributed by atoms with Crippen molar-refractivity contribution < 1.29 is 19.1 Å². The lowest BCUT2D eigenvalue weighted by Gasteiger charge is -2.22. The Hall–Kier alpha value is -1.26. The highest BCUT2D eigenvalue weighted by molar-refractivity contribution is 5.82. The summed E-state index contributed by atoms with van der Waals surface area (Å²) >= 11 is 0. The van der Waals surface area contributed by atoms with Crippen LogP contribution in [0, 0.1) is 0 Å². The molecule has 1 saturated heterocycles. The Balaban J connectivity index is 1.90. The Morgan fingerprint density at radius 1 is 0.759 bits per heavy atom. The monoisotopic (exact) mass is 411 g/mol. The zero-order valence-electron chi connectivity index (χ0n) is 19.1. The van der Waals surface area contributed by atoms with Crippen LogP contribution in [0.25, 0.3) is 0 Å². The average molecular weight is 412 g/mol. The van der Waals surface area contributed by atoms with Crippen LogP contribution in [0.2, 0.25) is 0 Å². The van der Waals surface area contributed by atoms with Gasteiger partial charge in [0.2, 0.25) is 0 Å². The van der Waals surface area contributed by atoms with Gasteiger partial charge in [-0.3, -0.25) is 4.90 Å². The lowest BCUT2D eigenvalue weighted by Crippen LogP contribution is -2.41. The molecule has 0 unspecified atom stereocenters. The van der Waals surface area contributed by atoms with Gasteiger partial charge < -0.3 is 9.47 Å². The van der Waals surface area contributed by atoms with Gasteiger partial charge in [0.25, 0.3) is 0 Å². The molecule has 1 atom stereocenters. The number of nitrogens with zero attached hydrogens (tertiary/aromatic N) is 1. The molecule has 0 radical (unpaired) electrons. The molecule has 1 aliphatic rings. The fourth-order valence-corrected chi connectivity index (χ4v) is 4.00. The van der Waals surface area contributed by atoms with Gasteiger partial charge in [0.05, 0.1) is 13.2 Å². The molecule has 1 rings (SSSR count). The number of carbonyl (C=O) groups excluding carboxylic acids is 2. The van der Waals surface area contributed by atoms with Gasteiger partial charge in [0, 0.05) is 6.54 Å². The van der Waals surface area contributed by atoms with Crippen molar-refractivity contribution in [1.29, 1.82) is 0 Å². The van der Waals surface area contributed by atoms with Crippen molar-refractivity contribution in [3.05, 3.63) is 0 Å². The van der Waals surface area contributed by atoms with Gasteiger partial charge in [-0.2, -0.15) is 0 Å². The quantitative estimate of drug-likeness (QED) is 0.199. The summed E-state index contributed by atoms with van der Waals surface area (Å²) in [5, 5.41) is 0. The van der Waals surface area contributed by atoms with E-state index in [2.05, 4.69) is 6.92 Å². The number of ether oxygens (including phenoxy) is 2. The molecule has 5 heteroatoms. The van der Waals surface area contributed by atoms with Crippen molar-refractivity contribution in [2.75, 3.05) is 19.8 Å². The van der Waals surface area contributed by atoms with Crippen molar-refractivity contribution in [2.24, 2.45) is 0 Å². The van der Waals surface area contributed by atoms with E-state index in [1.54, 1.807) is 6.92 Å². The highest BCUT2D eigenvalue weighted by atomic mass is 16.6. The van der Waals surface area contributed by atoms with E-state index in [1.165, 1.54) is 81.9 Å². The summed E-state index contributed by atoms with van der Waals surface area (Å²) in [4.78, 5) is 25.6. The number of rotatable bonds is 17. The van der Waals surface area contributed by atoms with Gasteiger partial charge in [0.15, 0.2) is 0 Å². The SMILES string of the molecule is CCCCCCCCCCCCCCCCOC(=O)[C@@H]1CCCN1C(=O)OCC. The standard InChI is InChI=1S/C24H45NO4/c1-3-5-6-7-8-9-10-11-12-13-14-15-16-17-21-29-23(26)22-19-18-20-25(22)24(27)28-4-2/h22H,3-21H2,1-2H3/t22-/m0/s1. The second kappa shape index (κ2) is 17.6. The van der Waals surface area contributed by atoms with Gasteiger partial charge in [-0.25, -0.2) is 9.59 Å². The van der Waals surface area contributed by atoms with E-state index >= 15 is 0 Å². The molecule has 1 amide bonds. The molecule has 1 heterocycles. The fraction of sp³-hybridized carbons (Fsp3) is 0.917.